The number of nitrogens with one attached hydrogen (secondary N) is 1. The molecule has 0 bridgehead atoms. The van der Waals surface area contributed by atoms with Gasteiger partial charge in [-0.2, -0.15) is 10.1 Å². The molecule has 3 aromatic rings. The molecule has 1 aliphatic rings. The van der Waals surface area contributed by atoms with Crippen LogP contribution < -0.4 is 15.1 Å². The number of hydrogen-bond donors (Lipinski definition) is 1. The van der Waals surface area contributed by atoms with Gasteiger partial charge in [-0.3, -0.25) is 0 Å². The van der Waals surface area contributed by atoms with Crippen LogP contribution in [-0.2, 0) is 6.54 Å². The van der Waals surface area contributed by atoms with E-state index in [0.717, 1.165) is 42.7 Å². The minimum Gasteiger partial charge on any atom is -0.368 e. The molecular formula is C21H23ClN6. The highest BCUT2D eigenvalue weighted by Gasteiger charge is 2.20. The smallest absolute Gasteiger partial charge is 0.247 e. The van der Waals surface area contributed by atoms with Gasteiger partial charge in [-0.15, -0.1) is 5.10 Å². The zero-order valence-electron chi connectivity index (χ0n) is 15.8. The first-order chi connectivity index (χ1) is 13.7. The van der Waals surface area contributed by atoms with Gasteiger partial charge in [0.25, 0.3) is 0 Å². The maximum Gasteiger partial charge on any atom is 0.247 e. The quantitative estimate of drug-likeness (QED) is 0.710. The highest BCUT2D eigenvalue weighted by Crippen LogP contribution is 2.22. The monoisotopic (exact) mass is 394 g/mol. The number of anilines is 3. The van der Waals surface area contributed by atoms with Gasteiger partial charge >= 0.3 is 0 Å². The number of rotatable bonds is 5. The summed E-state index contributed by atoms with van der Waals surface area (Å²) in [4.78, 5) is 9.15. The Morgan fingerprint density at radius 2 is 1.79 bits per heavy atom. The summed E-state index contributed by atoms with van der Waals surface area (Å²) in [5.41, 5.74) is 3.62. The number of aryl methyl sites for hydroxylation is 1. The van der Waals surface area contributed by atoms with Crippen LogP contribution in [0.2, 0.25) is 5.02 Å². The molecule has 0 amide bonds. The second-order valence-electron chi connectivity index (χ2n) is 6.94. The summed E-state index contributed by atoms with van der Waals surface area (Å²) in [5, 5.41) is 12.5. The van der Waals surface area contributed by atoms with E-state index in [-0.39, 0.29) is 0 Å². The van der Waals surface area contributed by atoms with E-state index in [2.05, 4.69) is 67.6 Å². The molecule has 6 nitrogen and oxygen atoms in total. The fourth-order valence-electron chi connectivity index (χ4n) is 3.37. The van der Waals surface area contributed by atoms with Crippen molar-refractivity contribution in [3.8, 4) is 0 Å². The van der Waals surface area contributed by atoms with Crippen LogP contribution in [0.25, 0.3) is 0 Å². The summed E-state index contributed by atoms with van der Waals surface area (Å²) < 4.78 is 0. The summed E-state index contributed by atoms with van der Waals surface area (Å²) in [6, 6.07) is 16.4. The van der Waals surface area contributed by atoms with Crippen LogP contribution in [-0.4, -0.2) is 41.4 Å². The molecule has 0 spiro atoms. The van der Waals surface area contributed by atoms with Gasteiger partial charge in [0.1, 0.15) is 0 Å². The van der Waals surface area contributed by atoms with Crippen LogP contribution in [0.3, 0.4) is 0 Å². The first-order valence-electron chi connectivity index (χ1n) is 9.42. The normalized spacial score (nSPS) is 14.2. The van der Waals surface area contributed by atoms with Crippen LogP contribution in [0.1, 0.15) is 11.1 Å². The van der Waals surface area contributed by atoms with Crippen molar-refractivity contribution in [1.82, 2.24) is 15.2 Å². The molecule has 1 fully saturated rings. The highest BCUT2D eigenvalue weighted by atomic mass is 35.5. The minimum atomic E-state index is 0.667. The molecule has 1 N–H and O–H groups in total. The summed E-state index contributed by atoms with van der Waals surface area (Å²) in [5.74, 6) is 1.41. The van der Waals surface area contributed by atoms with Gasteiger partial charge < -0.3 is 15.1 Å². The molecule has 2 aromatic carbocycles. The van der Waals surface area contributed by atoms with Crippen LogP contribution in [0.4, 0.5) is 17.5 Å². The van der Waals surface area contributed by atoms with Crippen molar-refractivity contribution in [2.75, 3.05) is 41.3 Å². The molecule has 1 saturated heterocycles. The Balaban J connectivity index is 1.37. The Morgan fingerprint density at radius 1 is 1.00 bits per heavy atom. The zero-order chi connectivity index (χ0) is 19.3. The first-order valence-corrected chi connectivity index (χ1v) is 9.80. The summed E-state index contributed by atoms with van der Waals surface area (Å²) in [6.07, 6.45) is 1.67. The third kappa shape index (κ3) is 4.51. The first kappa shape index (κ1) is 18.5. The van der Waals surface area contributed by atoms with E-state index in [9.17, 15) is 0 Å². The summed E-state index contributed by atoms with van der Waals surface area (Å²) >= 11 is 6.12. The predicted octanol–water partition coefficient (Wildman–Crippen LogP) is 3.77. The second kappa shape index (κ2) is 8.44. The highest BCUT2D eigenvalue weighted by molar-refractivity contribution is 6.30. The molecule has 0 radical (unpaired) electrons. The van der Waals surface area contributed by atoms with E-state index < -0.39 is 0 Å². The standard InChI is InChI=1S/C21H23ClN6/c1-16-4-2-5-17(12-16)14-23-20-15-24-26-21(25-20)28-10-8-27(9-11-28)19-7-3-6-18(22)13-19/h2-7,12-13,15H,8-11,14H2,1H3,(H,23,25,26). The van der Waals surface area contributed by atoms with Gasteiger partial charge in [-0.1, -0.05) is 47.5 Å². The molecule has 0 saturated carbocycles. The van der Waals surface area contributed by atoms with Gasteiger partial charge in [0.2, 0.25) is 5.95 Å². The number of hydrogen-bond acceptors (Lipinski definition) is 6. The third-order valence-electron chi connectivity index (χ3n) is 4.84. The summed E-state index contributed by atoms with van der Waals surface area (Å²) in [6.45, 7) is 6.28. The number of nitrogens with zero attached hydrogens (tertiary/aromatic N) is 5. The lowest BCUT2D eigenvalue weighted by Gasteiger charge is -2.36. The molecule has 28 heavy (non-hydrogen) atoms. The summed E-state index contributed by atoms with van der Waals surface area (Å²) in [7, 11) is 0. The zero-order valence-corrected chi connectivity index (χ0v) is 16.6. The van der Waals surface area contributed by atoms with Crippen molar-refractivity contribution >= 4 is 29.1 Å². The Bertz CT molecular complexity index is 939. The number of aromatic nitrogens is 3. The molecule has 1 aromatic heterocycles. The molecule has 0 atom stereocenters. The average Bonchev–Trinajstić information content (AvgIpc) is 2.73. The molecule has 0 unspecified atom stereocenters. The van der Waals surface area contributed by atoms with Gasteiger partial charge in [0.05, 0.1) is 6.20 Å². The van der Waals surface area contributed by atoms with Crippen LogP contribution in [0, 0.1) is 6.92 Å². The lowest BCUT2D eigenvalue weighted by atomic mass is 10.1. The third-order valence-corrected chi connectivity index (χ3v) is 5.07. The molecule has 7 heteroatoms. The van der Waals surface area contributed by atoms with Crippen molar-refractivity contribution in [3.05, 3.63) is 70.9 Å². The lowest BCUT2D eigenvalue weighted by molar-refractivity contribution is 0.635. The van der Waals surface area contributed by atoms with Crippen molar-refractivity contribution in [2.24, 2.45) is 0 Å². The Labute approximate surface area is 170 Å². The van der Waals surface area contributed by atoms with Gasteiger partial charge in [0, 0.05) is 43.4 Å². The van der Waals surface area contributed by atoms with Crippen molar-refractivity contribution in [3.63, 3.8) is 0 Å². The number of benzene rings is 2. The van der Waals surface area contributed by atoms with Crippen molar-refractivity contribution < 1.29 is 0 Å². The van der Waals surface area contributed by atoms with Gasteiger partial charge in [-0.05, 0) is 30.7 Å². The molecule has 1 aliphatic heterocycles. The second-order valence-corrected chi connectivity index (χ2v) is 7.37. The van der Waals surface area contributed by atoms with E-state index in [4.69, 9.17) is 11.6 Å². The van der Waals surface area contributed by atoms with Crippen LogP contribution in [0.15, 0.2) is 54.7 Å². The van der Waals surface area contributed by atoms with Crippen molar-refractivity contribution in [2.45, 2.75) is 13.5 Å². The fraction of sp³-hybridized carbons (Fsp3) is 0.286. The van der Waals surface area contributed by atoms with E-state index >= 15 is 0 Å². The van der Waals surface area contributed by atoms with E-state index in [1.807, 2.05) is 18.2 Å². The number of halogens is 1. The SMILES string of the molecule is Cc1cccc(CNc2cnnc(N3CCN(c4cccc(Cl)c4)CC3)n2)c1. The Hall–Kier alpha value is -2.86. The Morgan fingerprint density at radius 3 is 2.57 bits per heavy atom. The largest absolute Gasteiger partial charge is 0.368 e. The average molecular weight is 395 g/mol. The van der Waals surface area contributed by atoms with E-state index in [0.29, 0.717) is 12.5 Å². The van der Waals surface area contributed by atoms with E-state index in [1.54, 1.807) is 6.20 Å². The van der Waals surface area contributed by atoms with Crippen LogP contribution in [0.5, 0.6) is 0 Å². The predicted molar refractivity (Wildman–Crippen MR) is 114 cm³/mol. The Kier molecular flexibility index (Phi) is 5.58. The van der Waals surface area contributed by atoms with Crippen molar-refractivity contribution in [1.29, 1.82) is 0 Å². The minimum absolute atomic E-state index is 0.667. The fourth-order valence-corrected chi connectivity index (χ4v) is 3.55. The number of piperazine rings is 1. The molecule has 4 rings (SSSR count). The molecular weight excluding hydrogens is 372 g/mol. The topological polar surface area (TPSA) is 57.2 Å². The molecule has 0 aliphatic carbocycles. The van der Waals surface area contributed by atoms with Gasteiger partial charge in [0.15, 0.2) is 5.82 Å². The maximum absolute atomic E-state index is 6.12. The maximum atomic E-state index is 6.12. The van der Waals surface area contributed by atoms with Crippen LogP contribution >= 0.6 is 11.6 Å². The molecule has 2 heterocycles. The lowest BCUT2D eigenvalue weighted by Crippen LogP contribution is -2.47. The van der Waals surface area contributed by atoms with Gasteiger partial charge in [-0.25, -0.2) is 0 Å². The van der Waals surface area contributed by atoms with E-state index in [1.165, 1.54) is 11.1 Å². The molecule has 144 valence electrons.